The molecule has 1 aliphatic heterocycles. The number of rotatable bonds is 21. The van der Waals surface area contributed by atoms with Crippen molar-refractivity contribution in [1.82, 2.24) is 41.5 Å². The van der Waals surface area contributed by atoms with Gasteiger partial charge < -0.3 is 58.5 Å². The number of carbonyl (C=O) groups excluding carboxylic acids is 9. The van der Waals surface area contributed by atoms with Crippen molar-refractivity contribution in [2.75, 3.05) is 13.1 Å². The number of unbranched alkanes of at least 4 members (excludes halogenated alkanes) is 1. The lowest BCUT2D eigenvalue weighted by Gasteiger charge is -2.26. The molecule has 0 spiro atoms. The summed E-state index contributed by atoms with van der Waals surface area (Å²) < 4.78 is 0. The van der Waals surface area contributed by atoms with Crippen LogP contribution in [0.1, 0.15) is 88.5 Å². The van der Waals surface area contributed by atoms with Crippen molar-refractivity contribution in [3.63, 3.8) is 0 Å². The molecule has 0 saturated carbocycles. The fraction of sp³-hybridized carbons (Fsp3) is 0.460. The lowest BCUT2D eigenvalue weighted by molar-refractivity contribution is -0.136. The monoisotopic (exact) mass is 979 g/mol. The molecular weight excluding hydrogens is 913 g/mol. The minimum atomic E-state index is -1.62. The first-order valence-corrected chi connectivity index (χ1v) is 23.9. The lowest BCUT2D eigenvalue weighted by atomic mass is 9.89. The quantitative estimate of drug-likeness (QED) is 0.0316. The fourth-order valence-electron chi connectivity index (χ4n) is 8.58. The van der Waals surface area contributed by atoms with Crippen LogP contribution in [0.4, 0.5) is 0 Å². The number of hydrogen-bond donors (Lipinski definition) is 10. The van der Waals surface area contributed by atoms with Crippen LogP contribution >= 0.6 is 0 Å². The molecule has 380 valence electrons. The van der Waals surface area contributed by atoms with E-state index >= 15 is 0 Å². The number of nitrogens with one attached hydrogen (secondary N) is 7. The molecule has 21 heteroatoms. The number of nitrogens with zero attached hydrogens (tertiary/aromatic N) is 2. The van der Waals surface area contributed by atoms with Gasteiger partial charge in [0, 0.05) is 85.5 Å². The highest BCUT2D eigenvalue weighted by atomic mass is 16.2. The summed E-state index contributed by atoms with van der Waals surface area (Å²) in [4.78, 5) is 140. The number of aromatic nitrogens is 3. The molecule has 5 rings (SSSR count). The number of amides is 6. The summed E-state index contributed by atoms with van der Waals surface area (Å²) in [6, 6.07) is 10.4. The summed E-state index contributed by atoms with van der Waals surface area (Å²) in [5, 5.41) is 14.3. The minimum absolute atomic E-state index is 0.0169. The first kappa shape index (κ1) is 54.2. The molecule has 21 nitrogen and oxygen atoms in total. The Morgan fingerprint density at radius 2 is 1.55 bits per heavy atom. The van der Waals surface area contributed by atoms with E-state index in [-0.39, 0.29) is 56.8 Å². The number of ketones is 3. The summed E-state index contributed by atoms with van der Waals surface area (Å²) in [6.45, 7) is 2.81. The number of H-pyrrole nitrogens is 2. The number of primary amides is 1. The number of aromatic amines is 2. The minimum Gasteiger partial charge on any atom is -0.370 e. The van der Waals surface area contributed by atoms with Gasteiger partial charge in [-0.25, -0.2) is 4.98 Å². The molecule has 3 heterocycles. The van der Waals surface area contributed by atoms with E-state index in [0.29, 0.717) is 30.5 Å². The van der Waals surface area contributed by atoms with E-state index in [4.69, 9.17) is 17.2 Å². The second-order valence-electron chi connectivity index (χ2n) is 18.1. The van der Waals surface area contributed by atoms with Crippen LogP contribution in [0.5, 0.6) is 0 Å². The first-order chi connectivity index (χ1) is 34.0. The van der Waals surface area contributed by atoms with Gasteiger partial charge in [0.25, 0.3) is 0 Å². The summed E-state index contributed by atoms with van der Waals surface area (Å²) in [5.41, 5.74) is 19.6. The maximum absolute atomic E-state index is 14.6. The van der Waals surface area contributed by atoms with Gasteiger partial charge >= 0.3 is 0 Å². The first-order valence-electron chi connectivity index (χ1n) is 23.9. The second-order valence-corrected chi connectivity index (χ2v) is 18.1. The maximum atomic E-state index is 14.6. The Kier molecular flexibility index (Phi) is 20.5. The van der Waals surface area contributed by atoms with Crippen LogP contribution < -0.4 is 43.8 Å². The Balaban J connectivity index is 1.55. The Bertz CT molecular complexity index is 2520. The Morgan fingerprint density at radius 3 is 2.24 bits per heavy atom. The third-order valence-corrected chi connectivity index (χ3v) is 12.5. The van der Waals surface area contributed by atoms with Crippen LogP contribution in [0.25, 0.3) is 10.9 Å². The molecular formula is C50H66N12O9. The Morgan fingerprint density at radius 1 is 0.817 bits per heavy atom. The number of carbonyl (C=O) groups is 9. The molecule has 4 aromatic rings. The molecule has 1 aliphatic rings. The average molecular weight is 979 g/mol. The molecule has 1 fully saturated rings. The molecule has 2 aromatic heterocycles. The molecule has 0 bridgehead atoms. The third-order valence-electron chi connectivity index (χ3n) is 12.5. The number of imidazole rings is 1. The fourth-order valence-corrected chi connectivity index (χ4v) is 8.58. The van der Waals surface area contributed by atoms with Crippen LogP contribution in [-0.2, 0) is 62.4 Å². The van der Waals surface area contributed by atoms with Crippen molar-refractivity contribution in [1.29, 1.82) is 0 Å². The highest BCUT2D eigenvalue weighted by Gasteiger charge is 2.36. The number of benzene rings is 2. The van der Waals surface area contributed by atoms with Crippen LogP contribution in [0.15, 0.2) is 78.3 Å². The zero-order valence-electron chi connectivity index (χ0n) is 40.2. The highest BCUT2D eigenvalue weighted by Crippen LogP contribution is 2.24. The molecule has 0 unspecified atom stereocenters. The number of fused-ring (bicyclic) bond motifs is 1. The number of para-hydroxylation sites is 1. The Labute approximate surface area is 411 Å². The van der Waals surface area contributed by atoms with Crippen molar-refractivity contribution >= 4 is 69.7 Å². The summed E-state index contributed by atoms with van der Waals surface area (Å²) in [7, 11) is 0. The molecule has 13 N–H and O–H groups in total. The largest absolute Gasteiger partial charge is 0.370 e. The zero-order valence-corrected chi connectivity index (χ0v) is 40.2. The average Bonchev–Trinajstić information content (AvgIpc) is 4.01. The molecule has 7 atom stereocenters. The van der Waals surface area contributed by atoms with E-state index in [1.165, 1.54) is 19.4 Å². The predicted molar refractivity (Wildman–Crippen MR) is 263 cm³/mol. The molecule has 6 amide bonds. The van der Waals surface area contributed by atoms with Crippen molar-refractivity contribution in [2.24, 2.45) is 39.9 Å². The highest BCUT2D eigenvalue weighted by molar-refractivity contribution is 5.99. The van der Waals surface area contributed by atoms with Gasteiger partial charge in [0.1, 0.15) is 23.9 Å². The van der Waals surface area contributed by atoms with Gasteiger partial charge in [-0.3, -0.25) is 43.3 Å². The van der Waals surface area contributed by atoms with Crippen molar-refractivity contribution < 1.29 is 43.2 Å². The number of nitrogens with two attached hydrogens (primary N) is 3. The molecule has 2 aromatic carbocycles. The normalized spacial score (nSPS) is 20.3. The topological polar surface area (TPSA) is 349 Å². The van der Waals surface area contributed by atoms with E-state index in [9.17, 15) is 43.2 Å². The van der Waals surface area contributed by atoms with E-state index < -0.39 is 115 Å². The van der Waals surface area contributed by atoms with Crippen LogP contribution in [0.2, 0.25) is 0 Å². The van der Waals surface area contributed by atoms with Gasteiger partial charge in [-0.05, 0) is 56.2 Å². The summed E-state index contributed by atoms with van der Waals surface area (Å²) in [6.07, 6.45) is 4.58. The molecule has 71 heavy (non-hydrogen) atoms. The standard InChI is InChI=1S/C50H66N12O9/c1-3-4-13-31(18-29(2)63)46(68)60-40-24-44(66)57-27-41(43(65)22-33(45(51)67)20-34-25-56-37-16-9-8-15-36(34)37)62-47(69)32(14-10-17-55-50(52)53)21-42(64)38(19-30-11-6-5-7-12-30)59-48(70)39(61-49(40)71)23-35-26-54-28-58-35/h5-9,11-12,15-16,25-26,28,31-33,38-41,56H,3-4,10,13-14,17-24,27H2,1-2H3,(H2,51,67)(H,54,58)(H,57,66)(H,59,70)(H,60,68)(H,61,71)(H,62,69)(H4,52,53,55)/t31-,32-,33-,38-,39+,40+,41+/m1/s1. The number of aliphatic imine (C=N–C) groups is 1. The van der Waals surface area contributed by atoms with E-state index in [2.05, 4.69) is 46.5 Å². The zero-order chi connectivity index (χ0) is 51.5. The van der Waals surface area contributed by atoms with E-state index in [1.54, 1.807) is 36.5 Å². The number of hydrogen-bond acceptors (Lipinski definition) is 11. The lowest BCUT2D eigenvalue weighted by Crippen LogP contribution is -2.58. The SMILES string of the molecule is CCCC[C@H](CC(C)=O)C(=O)N[C@H]1CC(=O)NC[C@@H](C(=O)C[C@@H](Cc2c[nH]c3ccccc23)C(N)=O)NC(=O)[C@H](CCCN=C(N)N)CC(=O)[C@@H](Cc2ccccc2)NC(=O)[C@H](Cc2cnc[nH]2)NC1=O. The van der Waals surface area contributed by atoms with Gasteiger partial charge in [0.2, 0.25) is 35.4 Å². The van der Waals surface area contributed by atoms with E-state index in [0.717, 1.165) is 16.5 Å². The van der Waals surface area contributed by atoms with Crippen LogP contribution in [0.3, 0.4) is 0 Å². The van der Waals surface area contributed by atoms with Crippen molar-refractivity contribution in [3.8, 4) is 0 Å². The molecule has 0 aliphatic carbocycles. The van der Waals surface area contributed by atoms with Crippen LogP contribution in [-0.4, -0.2) is 111 Å². The summed E-state index contributed by atoms with van der Waals surface area (Å²) >= 11 is 0. The second kappa shape index (κ2) is 26.9. The maximum Gasteiger partial charge on any atom is 0.243 e. The predicted octanol–water partition coefficient (Wildman–Crippen LogP) is 0.853. The number of guanidine groups is 1. The Hall–Kier alpha value is -7.71. The van der Waals surface area contributed by atoms with Gasteiger partial charge in [-0.15, -0.1) is 0 Å². The van der Waals surface area contributed by atoms with Gasteiger partial charge in [-0.2, -0.15) is 0 Å². The van der Waals surface area contributed by atoms with Crippen molar-refractivity contribution in [2.45, 2.75) is 115 Å². The van der Waals surface area contributed by atoms with Gasteiger partial charge in [-0.1, -0.05) is 68.3 Å². The number of Topliss-reactive ketones (excluding diaryl/α,β-unsaturated/α-hetero) is 3. The smallest absolute Gasteiger partial charge is 0.243 e. The summed E-state index contributed by atoms with van der Waals surface area (Å²) in [5.74, 6) is -9.48. The van der Waals surface area contributed by atoms with E-state index in [1.807, 2.05) is 31.2 Å². The van der Waals surface area contributed by atoms with Crippen molar-refractivity contribution in [3.05, 3.63) is 90.1 Å². The van der Waals surface area contributed by atoms with Gasteiger partial charge in [0.15, 0.2) is 17.5 Å². The van der Waals surface area contributed by atoms with Crippen LogP contribution in [0, 0.1) is 17.8 Å². The molecule has 0 radical (unpaired) electrons. The molecule has 1 saturated heterocycles. The third kappa shape index (κ3) is 17.0. The van der Waals surface area contributed by atoms with Gasteiger partial charge in [0.05, 0.1) is 18.8 Å².